The molecule has 118 valence electrons. The second-order valence-electron chi connectivity index (χ2n) is 6.20. The minimum Gasteiger partial charge on any atom is -0.348 e. The van der Waals surface area contributed by atoms with Gasteiger partial charge in [-0.25, -0.2) is 8.78 Å². The molecule has 0 saturated heterocycles. The van der Waals surface area contributed by atoms with Gasteiger partial charge in [0.1, 0.15) is 5.69 Å². The maximum absolute atomic E-state index is 13.1. The van der Waals surface area contributed by atoms with E-state index in [0.29, 0.717) is 18.5 Å². The van der Waals surface area contributed by atoms with Crippen molar-refractivity contribution in [1.82, 2.24) is 15.1 Å². The lowest BCUT2D eigenvalue weighted by Crippen LogP contribution is -2.41. The third-order valence-corrected chi connectivity index (χ3v) is 4.14. The molecule has 1 heterocycles. The Morgan fingerprint density at radius 1 is 1.33 bits per heavy atom. The largest absolute Gasteiger partial charge is 0.348 e. The number of hydrogen-bond acceptors (Lipinski definition) is 2. The normalized spacial score (nSPS) is 19.0. The molecule has 0 bridgehead atoms. The number of nitrogens with one attached hydrogen (secondary N) is 1. The Kier molecular flexibility index (Phi) is 4.35. The van der Waals surface area contributed by atoms with E-state index in [0.717, 1.165) is 11.3 Å². The lowest BCUT2D eigenvalue weighted by molar-refractivity contribution is -0.0399. The van der Waals surface area contributed by atoms with E-state index in [9.17, 15) is 13.6 Å². The second-order valence-corrected chi connectivity index (χ2v) is 6.20. The first-order valence-electron chi connectivity index (χ1n) is 7.45. The minimum absolute atomic E-state index is 0.0776. The number of alkyl halides is 2. The Morgan fingerprint density at radius 3 is 2.43 bits per heavy atom. The smallest absolute Gasteiger partial charge is 0.270 e. The van der Waals surface area contributed by atoms with E-state index in [1.54, 1.807) is 4.68 Å². The van der Waals surface area contributed by atoms with Crippen molar-refractivity contribution < 1.29 is 13.6 Å². The van der Waals surface area contributed by atoms with E-state index in [1.807, 2.05) is 27.7 Å². The van der Waals surface area contributed by atoms with Gasteiger partial charge in [-0.2, -0.15) is 5.10 Å². The third kappa shape index (κ3) is 3.41. The molecule has 2 rings (SSSR count). The Labute approximate surface area is 123 Å². The summed E-state index contributed by atoms with van der Waals surface area (Å²) in [6, 6.07) is -0.0961. The maximum Gasteiger partial charge on any atom is 0.270 e. The summed E-state index contributed by atoms with van der Waals surface area (Å²) in [6.45, 7) is 7.66. The predicted octanol–water partition coefficient (Wildman–Crippen LogP) is 3.39. The van der Waals surface area contributed by atoms with Gasteiger partial charge in [0.05, 0.1) is 5.69 Å². The van der Waals surface area contributed by atoms with Gasteiger partial charge in [0, 0.05) is 30.5 Å². The molecule has 6 heteroatoms. The van der Waals surface area contributed by atoms with Crippen molar-refractivity contribution in [2.75, 3.05) is 0 Å². The summed E-state index contributed by atoms with van der Waals surface area (Å²) < 4.78 is 28.0. The molecule has 1 aromatic rings. The number of rotatable bonds is 3. The van der Waals surface area contributed by atoms with Crippen molar-refractivity contribution in [2.24, 2.45) is 0 Å². The van der Waals surface area contributed by atoms with Crippen LogP contribution in [0.4, 0.5) is 8.78 Å². The zero-order valence-corrected chi connectivity index (χ0v) is 13.0. The van der Waals surface area contributed by atoms with Crippen molar-refractivity contribution in [1.29, 1.82) is 0 Å². The van der Waals surface area contributed by atoms with E-state index < -0.39 is 5.92 Å². The highest BCUT2D eigenvalue weighted by Gasteiger charge is 2.35. The minimum atomic E-state index is -2.58. The van der Waals surface area contributed by atoms with Crippen molar-refractivity contribution in [3.63, 3.8) is 0 Å². The number of amides is 1. The highest BCUT2D eigenvalue weighted by atomic mass is 19.3. The molecule has 0 spiro atoms. The lowest BCUT2D eigenvalue weighted by atomic mass is 9.92. The summed E-state index contributed by atoms with van der Waals surface area (Å²) in [4.78, 5) is 12.5. The molecule has 1 aliphatic carbocycles. The quantitative estimate of drug-likeness (QED) is 0.930. The number of aryl methyl sites for hydroxylation is 1. The molecular formula is C15H23F2N3O. The number of carbonyl (C=O) groups is 1. The second kappa shape index (κ2) is 5.73. The van der Waals surface area contributed by atoms with Crippen LogP contribution in [0.2, 0.25) is 0 Å². The van der Waals surface area contributed by atoms with Crippen LogP contribution in [0.1, 0.15) is 67.3 Å². The molecule has 0 atom stereocenters. The number of aromatic nitrogens is 2. The van der Waals surface area contributed by atoms with Gasteiger partial charge in [-0.05, 0) is 40.5 Å². The van der Waals surface area contributed by atoms with Gasteiger partial charge < -0.3 is 5.32 Å². The van der Waals surface area contributed by atoms with Gasteiger partial charge in [0.25, 0.3) is 5.91 Å². The number of hydrogen-bond donors (Lipinski definition) is 1. The van der Waals surface area contributed by atoms with E-state index in [1.165, 1.54) is 0 Å². The number of halogens is 2. The zero-order valence-electron chi connectivity index (χ0n) is 13.0. The van der Waals surface area contributed by atoms with Crippen molar-refractivity contribution in [2.45, 2.75) is 71.4 Å². The summed E-state index contributed by atoms with van der Waals surface area (Å²) >= 11 is 0. The van der Waals surface area contributed by atoms with Crippen LogP contribution in [0.5, 0.6) is 0 Å². The monoisotopic (exact) mass is 299 g/mol. The highest BCUT2D eigenvalue weighted by Crippen LogP contribution is 2.33. The van der Waals surface area contributed by atoms with Crippen molar-refractivity contribution in [3.8, 4) is 0 Å². The first-order valence-corrected chi connectivity index (χ1v) is 7.45. The number of carbonyl (C=O) groups excluding carboxylic acids is 1. The maximum atomic E-state index is 13.1. The molecule has 21 heavy (non-hydrogen) atoms. The van der Waals surface area contributed by atoms with Gasteiger partial charge in [0.2, 0.25) is 5.92 Å². The lowest BCUT2D eigenvalue weighted by Gasteiger charge is -2.29. The van der Waals surface area contributed by atoms with Gasteiger partial charge in [-0.3, -0.25) is 9.48 Å². The summed E-state index contributed by atoms with van der Waals surface area (Å²) in [7, 11) is 0. The van der Waals surface area contributed by atoms with Crippen LogP contribution in [0, 0.1) is 13.8 Å². The average molecular weight is 299 g/mol. The molecule has 0 aliphatic heterocycles. The third-order valence-electron chi connectivity index (χ3n) is 4.14. The molecule has 1 fully saturated rings. The van der Waals surface area contributed by atoms with Crippen molar-refractivity contribution >= 4 is 5.91 Å². The van der Waals surface area contributed by atoms with Gasteiger partial charge in [-0.15, -0.1) is 0 Å². The molecule has 1 amide bonds. The summed E-state index contributed by atoms with van der Waals surface area (Å²) in [5, 5.41) is 7.27. The zero-order chi connectivity index (χ0) is 15.8. The van der Waals surface area contributed by atoms with Crippen LogP contribution < -0.4 is 5.32 Å². The molecule has 0 aromatic carbocycles. The van der Waals surface area contributed by atoms with Gasteiger partial charge >= 0.3 is 0 Å². The first-order chi connectivity index (χ1) is 9.71. The molecular weight excluding hydrogens is 276 g/mol. The summed E-state index contributed by atoms with van der Waals surface area (Å²) in [5.74, 6) is -2.79. The van der Waals surface area contributed by atoms with E-state index >= 15 is 0 Å². The molecule has 1 saturated carbocycles. The van der Waals surface area contributed by atoms with Crippen LogP contribution in [0.15, 0.2) is 0 Å². The van der Waals surface area contributed by atoms with Gasteiger partial charge in [0.15, 0.2) is 0 Å². The SMILES string of the molecule is Cc1nn(C(C)C)c(C(=O)NC2CCC(F)(F)CC2)c1C. The Balaban J connectivity index is 2.11. The molecule has 0 unspecified atom stereocenters. The molecule has 1 aromatic heterocycles. The molecule has 0 radical (unpaired) electrons. The van der Waals surface area contributed by atoms with Gasteiger partial charge in [-0.1, -0.05) is 0 Å². The van der Waals surface area contributed by atoms with Crippen LogP contribution in [-0.2, 0) is 0 Å². The molecule has 1 N–H and O–H groups in total. The van der Waals surface area contributed by atoms with E-state index in [-0.39, 0.29) is 30.8 Å². The van der Waals surface area contributed by atoms with Crippen LogP contribution in [0.25, 0.3) is 0 Å². The van der Waals surface area contributed by atoms with Crippen LogP contribution in [0.3, 0.4) is 0 Å². The summed E-state index contributed by atoms with van der Waals surface area (Å²) in [6.07, 6.45) is 0.345. The average Bonchev–Trinajstić information content (AvgIpc) is 2.69. The molecule has 1 aliphatic rings. The summed E-state index contributed by atoms with van der Waals surface area (Å²) in [5.41, 5.74) is 2.21. The van der Waals surface area contributed by atoms with E-state index in [4.69, 9.17) is 0 Å². The Morgan fingerprint density at radius 2 is 1.90 bits per heavy atom. The highest BCUT2D eigenvalue weighted by molar-refractivity contribution is 5.94. The molecule has 4 nitrogen and oxygen atoms in total. The van der Waals surface area contributed by atoms with Crippen molar-refractivity contribution in [3.05, 3.63) is 17.0 Å². The van der Waals surface area contributed by atoms with E-state index in [2.05, 4.69) is 10.4 Å². The Bertz CT molecular complexity index is 527. The fourth-order valence-electron chi connectivity index (χ4n) is 2.72. The first kappa shape index (κ1) is 15.9. The predicted molar refractivity (Wildman–Crippen MR) is 76.8 cm³/mol. The topological polar surface area (TPSA) is 46.9 Å². The Hall–Kier alpha value is -1.46. The number of nitrogens with zero attached hydrogens (tertiary/aromatic N) is 2. The fraction of sp³-hybridized carbons (Fsp3) is 0.733. The fourth-order valence-corrected chi connectivity index (χ4v) is 2.72. The standard InChI is InChI=1S/C15H23F2N3O/c1-9(2)20-13(10(3)11(4)19-20)14(21)18-12-5-7-15(16,17)8-6-12/h9,12H,5-8H2,1-4H3,(H,18,21). The van der Waals surface area contributed by atoms with Crippen LogP contribution >= 0.6 is 0 Å². The van der Waals surface area contributed by atoms with Crippen LogP contribution in [-0.4, -0.2) is 27.7 Å².